The Morgan fingerprint density at radius 2 is 1.84 bits per heavy atom. The largest absolute Gasteiger partial charge is 0.398 e. The van der Waals surface area contributed by atoms with E-state index in [-0.39, 0.29) is 5.56 Å². The van der Waals surface area contributed by atoms with E-state index in [9.17, 15) is 9.00 Å². The predicted octanol–water partition coefficient (Wildman–Crippen LogP) is 1.38. The van der Waals surface area contributed by atoms with Crippen molar-refractivity contribution in [2.45, 2.75) is 12.3 Å². The van der Waals surface area contributed by atoms with Crippen molar-refractivity contribution in [2.75, 3.05) is 11.5 Å². The number of nitrogens with two attached hydrogens (primary N) is 1. The smallest absolute Gasteiger partial charge is 0.250 e. The van der Waals surface area contributed by atoms with Crippen LogP contribution in [0.4, 0.5) is 5.69 Å². The predicted molar refractivity (Wildman–Crippen MR) is 78.3 cm³/mol. The molecule has 4 nitrogen and oxygen atoms in total. The van der Waals surface area contributed by atoms with E-state index in [0.29, 0.717) is 23.7 Å². The van der Waals surface area contributed by atoms with E-state index in [1.54, 1.807) is 12.3 Å². The lowest BCUT2D eigenvalue weighted by Crippen LogP contribution is -2.22. The maximum atomic E-state index is 11.9. The van der Waals surface area contributed by atoms with E-state index in [2.05, 4.69) is 0 Å². The molecule has 0 radical (unpaired) electrons. The van der Waals surface area contributed by atoms with Crippen LogP contribution in [0, 0.1) is 0 Å². The van der Waals surface area contributed by atoms with E-state index in [0.717, 1.165) is 5.56 Å². The molecule has 0 saturated carbocycles. The van der Waals surface area contributed by atoms with Gasteiger partial charge in [0.15, 0.2) is 0 Å². The third kappa shape index (κ3) is 4.06. The second-order valence-corrected chi connectivity index (χ2v) is 5.84. The van der Waals surface area contributed by atoms with Crippen LogP contribution in [0.25, 0.3) is 0 Å². The molecule has 100 valence electrons. The number of aromatic nitrogens is 1. The van der Waals surface area contributed by atoms with Crippen LogP contribution >= 0.6 is 0 Å². The van der Waals surface area contributed by atoms with Gasteiger partial charge in [0.1, 0.15) is 0 Å². The summed E-state index contributed by atoms with van der Waals surface area (Å²) >= 11 is 0. The van der Waals surface area contributed by atoms with Crippen LogP contribution in [-0.4, -0.2) is 14.5 Å². The van der Waals surface area contributed by atoms with Gasteiger partial charge in [-0.05, 0) is 11.6 Å². The Hall–Kier alpha value is -1.88. The van der Waals surface area contributed by atoms with Crippen LogP contribution in [0.15, 0.2) is 53.5 Å². The lowest BCUT2D eigenvalue weighted by Gasteiger charge is -2.06. The van der Waals surface area contributed by atoms with Crippen molar-refractivity contribution in [1.29, 1.82) is 0 Å². The normalized spacial score (nSPS) is 12.2. The minimum Gasteiger partial charge on any atom is -0.398 e. The summed E-state index contributed by atoms with van der Waals surface area (Å²) in [6, 6.07) is 12.7. The van der Waals surface area contributed by atoms with Crippen LogP contribution in [0.1, 0.15) is 5.56 Å². The number of anilines is 1. The Morgan fingerprint density at radius 3 is 2.58 bits per heavy atom. The number of benzene rings is 1. The fourth-order valence-electron chi connectivity index (χ4n) is 1.76. The molecule has 1 atom stereocenters. The highest BCUT2D eigenvalue weighted by Crippen LogP contribution is 2.03. The van der Waals surface area contributed by atoms with Crippen molar-refractivity contribution >= 4 is 16.5 Å². The van der Waals surface area contributed by atoms with Gasteiger partial charge < -0.3 is 10.3 Å². The summed E-state index contributed by atoms with van der Waals surface area (Å²) in [4.78, 5) is 11.6. The Kier molecular flexibility index (Phi) is 4.52. The van der Waals surface area contributed by atoms with Gasteiger partial charge in [0.05, 0.1) is 0 Å². The standard InChI is InChI=1S/C14H16N2O2S/c15-13-6-7-14(17)16(10-13)8-9-19(18)11-12-4-2-1-3-5-12/h1-7,10H,8-9,11,15H2. The third-order valence-corrected chi connectivity index (χ3v) is 4.03. The maximum Gasteiger partial charge on any atom is 0.250 e. The SMILES string of the molecule is Nc1ccc(=O)n(CCS(=O)Cc2ccccc2)c1. The molecule has 0 amide bonds. The molecule has 5 heteroatoms. The van der Waals surface area contributed by atoms with Gasteiger partial charge in [0, 0.05) is 46.8 Å². The number of nitrogens with zero attached hydrogens (tertiary/aromatic N) is 1. The molecular weight excluding hydrogens is 260 g/mol. The molecule has 2 rings (SSSR count). The molecule has 1 aromatic carbocycles. The minimum atomic E-state index is -0.987. The molecule has 1 unspecified atom stereocenters. The maximum absolute atomic E-state index is 11.9. The number of rotatable bonds is 5. The van der Waals surface area contributed by atoms with Crippen molar-refractivity contribution < 1.29 is 4.21 Å². The number of aryl methyl sites for hydroxylation is 1. The van der Waals surface area contributed by atoms with E-state index < -0.39 is 10.8 Å². The second-order valence-electron chi connectivity index (χ2n) is 4.27. The molecule has 0 aliphatic heterocycles. The zero-order valence-electron chi connectivity index (χ0n) is 10.5. The molecule has 0 bridgehead atoms. The molecule has 2 aromatic rings. The van der Waals surface area contributed by atoms with Gasteiger partial charge in [-0.2, -0.15) is 0 Å². The molecule has 1 aromatic heterocycles. The molecule has 0 saturated heterocycles. The van der Waals surface area contributed by atoms with Crippen LogP contribution in [0.2, 0.25) is 0 Å². The first kappa shape index (κ1) is 13.5. The first-order valence-corrected chi connectivity index (χ1v) is 7.49. The molecule has 0 aliphatic carbocycles. The fourth-order valence-corrected chi connectivity index (χ4v) is 2.87. The Labute approximate surface area is 114 Å². The highest BCUT2D eigenvalue weighted by molar-refractivity contribution is 7.84. The Balaban J connectivity index is 1.94. The first-order valence-electron chi connectivity index (χ1n) is 6.00. The molecule has 0 aliphatic rings. The van der Waals surface area contributed by atoms with Gasteiger partial charge >= 0.3 is 0 Å². The summed E-state index contributed by atoms with van der Waals surface area (Å²) in [5, 5.41) is 0. The number of pyridine rings is 1. The topological polar surface area (TPSA) is 65.1 Å². The van der Waals surface area contributed by atoms with Crippen LogP contribution in [0.3, 0.4) is 0 Å². The summed E-state index contributed by atoms with van der Waals surface area (Å²) in [6.45, 7) is 0.420. The average Bonchev–Trinajstić information content (AvgIpc) is 2.41. The van der Waals surface area contributed by atoms with Gasteiger partial charge in [-0.15, -0.1) is 0 Å². The van der Waals surface area contributed by atoms with Crippen molar-refractivity contribution in [1.82, 2.24) is 4.57 Å². The first-order chi connectivity index (χ1) is 9.15. The van der Waals surface area contributed by atoms with Crippen molar-refractivity contribution in [2.24, 2.45) is 0 Å². The molecular formula is C14H16N2O2S. The summed E-state index contributed by atoms with van der Waals surface area (Å²) in [6.07, 6.45) is 1.59. The minimum absolute atomic E-state index is 0.120. The zero-order valence-corrected chi connectivity index (χ0v) is 11.3. The Morgan fingerprint density at radius 1 is 1.11 bits per heavy atom. The van der Waals surface area contributed by atoms with Crippen LogP contribution in [0.5, 0.6) is 0 Å². The second kappa shape index (κ2) is 6.33. The summed E-state index contributed by atoms with van der Waals surface area (Å²) < 4.78 is 13.4. The van der Waals surface area contributed by atoms with Gasteiger partial charge in [-0.25, -0.2) is 0 Å². The third-order valence-electron chi connectivity index (χ3n) is 2.74. The molecule has 0 spiro atoms. The highest BCUT2D eigenvalue weighted by Gasteiger charge is 2.03. The van der Waals surface area contributed by atoms with Gasteiger partial charge in [-0.1, -0.05) is 30.3 Å². The van der Waals surface area contributed by atoms with Gasteiger partial charge in [-0.3, -0.25) is 9.00 Å². The number of nitrogen functional groups attached to an aromatic ring is 1. The van der Waals surface area contributed by atoms with Crippen LogP contribution in [-0.2, 0) is 23.1 Å². The quantitative estimate of drug-likeness (QED) is 0.897. The van der Waals surface area contributed by atoms with E-state index >= 15 is 0 Å². The van der Waals surface area contributed by atoms with E-state index in [1.807, 2.05) is 30.3 Å². The number of hydrogen-bond donors (Lipinski definition) is 1. The summed E-state index contributed by atoms with van der Waals surface area (Å²) in [5.74, 6) is 0.955. The van der Waals surface area contributed by atoms with E-state index in [1.165, 1.54) is 10.6 Å². The van der Waals surface area contributed by atoms with Gasteiger partial charge in [0.2, 0.25) is 0 Å². The fraction of sp³-hybridized carbons (Fsp3) is 0.214. The van der Waals surface area contributed by atoms with Crippen molar-refractivity contribution in [3.8, 4) is 0 Å². The van der Waals surface area contributed by atoms with E-state index in [4.69, 9.17) is 5.73 Å². The lowest BCUT2D eigenvalue weighted by molar-refractivity contribution is 0.669. The molecule has 2 N–H and O–H groups in total. The summed E-state index contributed by atoms with van der Waals surface area (Å²) in [7, 11) is -0.987. The summed E-state index contributed by atoms with van der Waals surface area (Å²) in [5.41, 5.74) is 7.08. The monoisotopic (exact) mass is 276 g/mol. The number of hydrogen-bond acceptors (Lipinski definition) is 3. The molecule has 0 fully saturated rings. The molecule has 19 heavy (non-hydrogen) atoms. The van der Waals surface area contributed by atoms with Crippen LogP contribution < -0.4 is 11.3 Å². The average molecular weight is 276 g/mol. The Bertz CT molecular complexity index is 623. The van der Waals surface area contributed by atoms with Crippen molar-refractivity contribution in [3.63, 3.8) is 0 Å². The lowest BCUT2D eigenvalue weighted by atomic mass is 10.2. The highest BCUT2D eigenvalue weighted by atomic mass is 32.2. The molecule has 1 heterocycles. The van der Waals surface area contributed by atoms with Crippen molar-refractivity contribution in [3.05, 3.63) is 64.6 Å². The van der Waals surface area contributed by atoms with Gasteiger partial charge in [0.25, 0.3) is 5.56 Å². The zero-order chi connectivity index (χ0) is 13.7.